The summed E-state index contributed by atoms with van der Waals surface area (Å²) in [6.07, 6.45) is 5.18. The summed E-state index contributed by atoms with van der Waals surface area (Å²) in [4.78, 5) is 30.9. The molecule has 1 fully saturated rings. The average Bonchev–Trinajstić information content (AvgIpc) is 3.48. The molecular weight excluding hydrogens is 493 g/mol. The van der Waals surface area contributed by atoms with Gasteiger partial charge in [0.15, 0.2) is 0 Å². The van der Waals surface area contributed by atoms with Gasteiger partial charge in [-0.05, 0) is 39.0 Å². The lowest BCUT2D eigenvalue weighted by Gasteiger charge is -2.26. The van der Waals surface area contributed by atoms with Crippen LogP contribution in [0, 0.1) is 0 Å². The normalized spacial score (nSPS) is 18.2. The molecule has 0 amide bonds. The lowest BCUT2D eigenvalue weighted by atomic mass is 10.1. The molecule has 0 aliphatic carbocycles. The molecule has 4 rings (SSSR count). The van der Waals surface area contributed by atoms with Gasteiger partial charge in [0.05, 0.1) is 35.3 Å². The Balaban J connectivity index is 1.69. The van der Waals surface area contributed by atoms with Crippen molar-refractivity contribution in [2.45, 2.75) is 44.9 Å². The lowest BCUT2D eigenvalue weighted by Crippen LogP contribution is -2.37. The van der Waals surface area contributed by atoms with Crippen molar-refractivity contribution >= 4 is 51.6 Å². The minimum atomic E-state index is -0.605. The number of ether oxygens (including phenoxy) is 3. The van der Waals surface area contributed by atoms with E-state index in [1.165, 1.54) is 7.11 Å². The minimum Gasteiger partial charge on any atom is -0.467 e. The van der Waals surface area contributed by atoms with Gasteiger partial charge in [-0.15, -0.1) is 0 Å². The van der Waals surface area contributed by atoms with E-state index in [0.717, 1.165) is 22.1 Å². The molecule has 0 N–H and O–H groups in total. The maximum Gasteiger partial charge on any atom is 0.332 e. The minimum absolute atomic E-state index is 0.205. The molecule has 1 aliphatic heterocycles. The number of anilines is 1. The number of carbonyl (C=O) groups is 2. The molecular formula is C25H27Cl2N3O5. The molecule has 8 nitrogen and oxygen atoms in total. The Morgan fingerprint density at radius 3 is 2.60 bits per heavy atom. The summed E-state index contributed by atoms with van der Waals surface area (Å²) in [7, 11) is 1.35. The number of methoxy groups -OCH3 is 1. The van der Waals surface area contributed by atoms with Gasteiger partial charge in [-0.1, -0.05) is 29.3 Å². The van der Waals surface area contributed by atoms with E-state index in [9.17, 15) is 9.59 Å². The standard InChI is InChI=1S/C25H27Cl2N3O5/c1-25(2,3)35-22(31)13-34-16-11-21(24(32)33-4)30(12-16)15-9-18-17(5-6-19(26)23(18)27)20(10-15)29-8-7-28-14-29/h5-10,14,16,21H,11-13H2,1-4H3/t16-,21-/m0/s1. The van der Waals surface area contributed by atoms with E-state index in [0.29, 0.717) is 23.0 Å². The average molecular weight is 520 g/mol. The molecule has 0 spiro atoms. The fraction of sp³-hybridized carbons (Fsp3) is 0.400. The Kier molecular flexibility index (Phi) is 7.26. The van der Waals surface area contributed by atoms with Crippen molar-refractivity contribution in [2.75, 3.05) is 25.2 Å². The van der Waals surface area contributed by atoms with Gasteiger partial charge < -0.3 is 23.7 Å². The molecule has 3 aromatic rings. The lowest BCUT2D eigenvalue weighted by molar-refractivity contribution is -0.161. The monoisotopic (exact) mass is 519 g/mol. The third-order valence-electron chi connectivity index (χ3n) is 5.69. The van der Waals surface area contributed by atoms with Crippen LogP contribution >= 0.6 is 23.2 Å². The zero-order valence-electron chi connectivity index (χ0n) is 20.0. The molecule has 2 aromatic carbocycles. The number of halogens is 2. The van der Waals surface area contributed by atoms with Crippen molar-refractivity contribution < 1.29 is 23.8 Å². The van der Waals surface area contributed by atoms with Crippen LogP contribution in [-0.2, 0) is 23.8 Å². The SMILES string of the molecule is COC(=O)[C@@H]1C[C@H](OCC(=O)OC(C)(C)C)CN1c1cc(-n2ccnc2)c2ccc(Cl)c(Cl)c2c1. The van der Waals surface area contributed by atoms with E-state index in [4.69, 9.17) is 37.4 Å². The van der Waals surface area contributed by atoms with Gasteiger partial charge in [0.25, 0.3) is 0 Å². The molecule has 0 radical (unpaired) electrons. The number of nitrogens with zero attached hydrogens (tertiary/aromatic N) is 3. The number of fused-ring (bicyclic) bond motifs is 1. The van der Waals surface area contributed by atoms with Crippen LogP contribution in [0.4, 0.5) is 5.69 Å². The Morgan fingerprint density at radius 2 is 1.94 bits per heavy atom. The number of imidazole rings is 1. The van der Waals surface area contributed by atoms with Crippen molar-refractivity contribution in [1.29, 1.82) is 0 Å². The number of aromatic nitrogens is 2. The van der Waals surface area contributed by atoms with Crippen LogP contribution in [0.15, 0.2) is 43.0 Å². The van der Waals surface area contributed by atoms with Crippen molar-refractivity contribution in [2.24, 2.45) is 0 Å². The van der Waals surface area contributed by atoms with Crippen molar-refractivity contribution in [3.05, 3.63) is 53.0 Å². The summed E-state index contributed by atoms with van der Waals surface area (Å²) >= 11 is 12.9. The van der Waals surface area contributed by atoms with Gasteiger partial charge >= 0.3 is 11.9 Å². The summed E-state index contributed by atoms with van der Waals surface area (Å²) in [5.41, 5.74) is 0.964. The van der Waals surface area contributed by atoms with Crippen molar-refractivity contribution in [3.8, 4) is 5.69 Å². The second-order valence-electron chi connectivity index (χ2n) is 9.34. The summed E-state index contributed by atoms with van der Waals surface area (Å²) in [5.74, 6) is -0.852. The van der Waals surface area contributed by atoms with Gasteiger partial charge in [-0.25, -0.2) is 14.6 Å². The highest BCUT2D eigenvalue weighted by atomic mass is 35.5. The second kappa shape index (κ2) is 10.0. The number of benzene rings is 2. The molecule has 10 heteroatoms. The number of hydrogen-bond donors (Lipinski definition) is 0. The van der Waals surface area contributed by atoms with Crippen LogP contribution in [0.1, 0.15) is 27.2 Å². The molecule has 0 unspecified atom stereocenters. The molecule has 1 aromatic heterocycles. The number of carbonyl (C=O) groups excluding carboxylic acids is 2. The van der Waals surface area contributed by atoms with Gasteiger partial charge in [0.1, 0.15) is 18.2 Å². The van der Waals surface area contributed by atoms with Crippen LogP contribution < -0.4 is 4.90 Å². The third kappa shape index (κ3) is 5.55. The van der Waals surface area contributed by atoms with Gasteiger partial charge in [0, 0.05) is 41.8 Å². The molecule has 186 valence electrons. The smallest absolute Gasteiger partial charge is 0.332 e. The van der Waals surface area contributed by atoms with Crippen LogP contribution in [0.5, 0.6) is 0 Å². The van der Waals surface area contributed by atoms with E-state index in [1.807, 2.05) is 33.9 Å². The Hall–Kier alpha value is -2.81. The number of esters is 2. The largest absolute Gasteiger partial charge is 0.467 e. The van der Waals surface area contributed by atoms with Gasteiger partial charge in [-0.2, -0.15) is 0 Å². The first-order valence-corrected chi connectivity index (χ1v) is 11.9. The highest BCUT2D eigenvalue weighted by Gasteiger charge is 2.39. The molecule has 1 aliphatic rings. The predicted molar refractivity (Wildman–Crippen MR) is 134 cm³/mol. The zero-order chi connectivity index (χ0) is 25.3. The number of hydrogen-bond acceptors (Lipinski definition) is 7. The molecule has 35 heavy (non-hydrogen) atoms. The van der Waals surface area contributed by atoms with Crippen molar-refractivity contribution in [1.82, 2.24) is 9.55 Å². The Labute approximate surface area is 213 Å². The van der Waals surface area contributed by atoms with Gasteiger partial charge in [0.2, 0.25) is 0 Å². The highest BCUT2D eigenvalue weighted by Crippen LogP contribution is 2.39. The first-order valence-electron chi connectivity index (χ1n) is 11.2. The maximum absolute atomic E-state index is 12.7. The molecule has 2 atom stereocenters. The van der Waals surface area contributed by atoms with Gasteiger partial charge in [-0.3, -0.25) is 0 Å². The quantitative estimate of drug-likeness (QED) is 0.432. The highest BCUT2D eigenvalue weighted by molar-refractivity contribution is 6.45. The maximum atomic E-state index is 12.7. The molecule has 0 saturated carbocycles. The molecule has 1 saturated heterocycles. The van der Waals surface area contributed by atoms with Crippen LogP contribution in [0.2, 0.25) is 10.0 Å². The second-order valence-corrected chi connectivity index (χ2v) is 10.1. The predicted octanol–water partition coefficient (Wildman–Crippen LogP) is 4.81. The number of rotatable bonds is 6. The van der Waals surface area contributed by atoms with Crippen molar-refractivity contribution in [3.63, 3.8) is 0 Å². The summed E-state index contributed by atoms with van der Waals surface area (Å²) in [5, 5.41) is 2.46. The third-order valence-corrected chi connectivity index (χ3v) is 6.51. The molecule has 0 bridgehead atoms. The van der Waals surface area contributed by atoms with E-state index < -0.39 is 23.6 Å². The van der Waals surface area contributed by atoms with E-state index in [2.05, 4.69) is 4.98 Å². The van der Waals surface area contributed by atoms with Crippen LogP contribution in [0.3, 0.4) is 0 Å². The Morgan fingerprint density at radius 1 is 1.17 bits per heavy atom. The Bertz CT molecular complexity index is 1240. The molecule has 2 heterocycles. The van der Waals surface area contributed by atoms with Crippen LogP contribution in [0.25, 0.3) is 16.5 Å². The fourth-order valence-corrected chi connectivity index (χ4v) is 4.62. The van der Waals surface area contributed by atoms with E-state index in [1.54, 1.807) is 39.4 Å². The van der Waals surface area contributed by atoms with E-state index >= 15 is 0 Å². The summed E-state index contributed by atoms with van der Waals surface area (Å²) in [6.45, 7) is 5.55. The zero-order valence-corrected chi connectivity index (χ0v) is 21.5. The first kappa shape index (κ1) is 25.3. The fourth-order valence-electron chi connectivity index (χ4n) is 4.24. The van der Waals surface area contributed by atoms with Crippen LogP contribution in [-0.4, -0.2) is 59.5 Å². The summed E-state index contributed by atoms with van der Waals surface area (Å²) < 4.78 is 18.1. The first-order chi connectivity index (χ1) is 16.6. The van der Waals surface area contributed by atoms with E-state index in [-0.39, 0.29) is 12.7 Å². The topological polar surface area (TPSA) is 82.9 Å². The summed E-state index contributed by atoms with van der Waals surface area (Å²) in [6, 6.07) is 6.91.